The highest BCUT2D eigenvalue weighted by Crippen LogP contribution is 2.47. The van der Waals surface area contributed by atoms with Crippen molar-refractivity contribution in [3.05, 3.63) is 47.7 Å². The van der Waals surface area contributed by atoms with Gasteiger partial charge >= 0.3 is 18.0 Å². The highest BCUT2D eigenvalue weighted by Gasteiger charge is 2.76. The number of hydrogen-bond acceptors (Lipinski definition) is 2. The van der Waals surface area contributed by atoms with Crippen molar-refractivity contribution in [2.75, 3.05) is 0 Å². The van der Waals surface area contributed by atoms with Crippen molar-refractivity contribution in [1.29, 1.82) is 0 Å². The molecule has 0 atom stereocenters. The molecular formula is C12H7ClF6O2. The smallest absolute Gasteiger partial charge is 0.436 e. The van der Waals surface area contributed by atoms with Gasteiger partial charge in [-0.05, 0) is 24.3 Å². The molecule has 0 unspecified atom stereocenters. The molecule has 21 heavy (non-hydrogen) atoms. The van der Waals surface area contributed by atoms with E-state index in [-0.39, 0.29) is 11.3 Å². The molecule has 0 aromatic heterocycles. The average Bonchev–Trinajstić information content (AvgIpc) is 2.38. The van der Waals surface area contributed by atoms with Crippen molar-refractivity contribution in [2.45, 2.75) is 18.0 Å². The van der Waals surface area contributed by atoms with Gasteiger partial charge in [0.1, 0.15) is 0 Å². The van der Waals surface area contributed by atoms with Crippen LogP contribution in [-0.4, -0.2) is 23.7 Å². The van der Waals surface area contributed by atoms with Crippen LogP contribution in [0.15, 0.2) is 37.1 Å². The summed E-state index contributed by atoms with van der Waals surface area (Å²) in [6.07, 6.45) is -5.74. The minimum Gasteiger partial charge on any atom is -0.436 e. The van der Waals surface area contributed by atoms with Crippen LogP contribution in [0.1, 0.15) is 10.4 Å². The number of ketones is 1. The first-order chi connectivity index (χ1) is 9.47. The zero-order valence-electron chi connectivity index (χ0n) is 10.1. The molecule has 1 aromatic rings. The molecule has 9 heteroatoms. The monoisotopic (exact) mass is 332 g/mol. The Bertz CT molecular complexity index is 541. The standard InChI is InChI=1S/C12H7ClF6O2/c1-2-21-12(18,19)11(16,17)10(14,15)9(20)7-3-5-8(13)6-4-7/h2-6H,1H2. The zero-order chi connectivity index (χ0) is 16.5. The van der Waals surface area contributed by atoms with Gasteiger partial charge in [-0.1, -0.05) is 18.2 Å². The van der Waals surface area contributed by atoms with E-state index in [2.05, 4.69) is 11.3 Å². The highest BCUT2D eigenvalue weighted by molar-refractivity contribution is 6.30. The first-order valence-electron chi connectivity index (χ1n) is 5.20. The molecule has 0 N–H and O–H groups in total. The number of hydrogen-bond donors (Lipinski definition) is 0. The van der Waals surface area contributed by atoms with Gasteiger partial charge in [0.25, 0.3) is 0 Å². The van der Waals surface area contributed by atoms with E-state index < -0.39 is 29.3 Å². The topological polar surface area (TPSA) is 26.3 Å². The van der Waals surface area contributed by atoms with Crippen LogP contribution in [-0.2, 0) is 4.74 Å². The third kappa shape index (κ3) is 2.99. The second-order valence-electron chi connectivity index (χ2n) is 3.79. The van der Waals surface area contributed by atoms with E-state index in [1.807, 2.05) is 0 Å². The lowest BCUT2D eigenvalue weighted by molar-refractivity contribution is -0.371. The minimum atomic E-state index is -6.08. The Hall–Kier alpha value is -1.70. The van der Waals surface area contributed by atoms with E-state index in [0.717, 1.165) is 12.1 Å². The SMILES string of the molecule is C=COC(F)(F)C(F)(F)C(F)(F)C(=O)c1ccc(Cl)cc1. The molecule has 0 aliphatic rings. The fraction of sp³-hybridized carbons (Fsp3) is 0.250. The summed E-state index contributed by atoms with van der Waals surface area (Å²) in [5.74, 6) is -14.3. The van der Waals surface area contributed by atoms with Crippen molar-refractivity contribution in [3.8, 4) is 0 Å². The van der Waals surface area contributed by atoms with Gasteiger partial charge in [0.05, 0.1) is 6.26 Å². The molecule has 0 fully saturated rings. The Labute approximate surface area is 120 Å². The van der Waals surface area contributed by atoms with Gasteiger partial charge in [0, 0.05) is 10.6 Å². The van der Waals surface area contributed by atoms with Gasteiger partial charge in [-0.25, -0.2) is 0 Å². The van der Waals surface area contributed by atoms with Crippen molar-refractivity contribution < 1.29 is 35.9 Å². The van der Waals surface area contributed by atoms with E-state index in [4.69, 9.17) is 11.6 Å². The Morgan fingerprint density at radius 2 is 1.57 bits per heavy atom. The normalized spacial score (nSPS) is 12.9. The lowest BCUT2D eigenvalue weighted by Crippen LogP contribution is -2.58. The Morgan fingerprint density at radius 1 is 1.10 bits per heavy atom. The molecule has 0 aliphatic carbocycles. The van der Waals surface area contributed by atoms with E-state index in [1.165, 1.54) is 0 Å². The van der Waals surface area contributed by atoms with E-state index in [1.54, 1.807) is 0 Å². The van der Waals surface area contributed by atoms with Gasteiger partial charge in [-0.2, -0.15) is 26.3 Å². The first kappa shape index (κ1) is 17.4. The summed E-state index contributed by atoms with van der Waals surface area (Å²) in [4.78, 5) is 11.4. The molecule has 1 aromatic carbocycles. The van der Waals surface area contributed by atoms with Crippen LogP contribution in [0.3, 0.4) is 0 Å². The first-order valence-corrected chi connectivity index (χ1v) is 5.57. The van der Waals surface area contributed by atoms with Crippen LogP contribution in [0.25, 0.3) is 0 Å². The Kier molecular flexibility index (Phi) is 4.62. The molecule has 0 saturated carbocycles. The number of halogens is 7. The van der Waals surface area contributed by atoms with Crippen LogP contribution in [0.5, 0.6) is 0 Å². The minimum absolute atomic E-state index is 0.0435. The molecule has 1 rings (SSSR count). The molecule has 0 amide bonds. The maximum Gasteiger partial charge on any atom is 0.470 e. The second kappa shape index (κ2) is 5.59. The van der Waals surface area contributed by atoms with E-state index in [9.17, 15) is 31.1 Å². The Morgan fingerprint density at radius 3 is 2.00 bits per heavy atom. The van der Waals surface area contributed by atoms with Crippen LogP contribution >= 0.6 is 11.6 Å². The Balaban J connectivity index is 3.22. The molecule has 116 valence electrons. The van der Waals surface area contributed by atoms with Crippen LogP contribution in [0, 0.1) is 0 Å². The summed E-state index contributed by atoms with van der Waals surface area (Å²) in [6.45, 7) is 2.57. The molecule has 2 nitrogen and oxygen atoms in total. The fourth-order valence-electron chi connectivity index (χ4n) is 1.29. The maximum absolute atomic E-state index is 13.5. The lowest BCUT2D eigenvalue weighted by Gasteiger charge is -2.30. The average molecular weight is 333 g/mol. The van der Waals surface area contributed by atoms with Crippen LogP contribution in [0.2, 0.25) is 5.02 Å². The number of Topliss-reactive ketones (excluding diaryl/α,β-unsaturated/α-hetero) is 1. The summed E-state index contributed by atoms with van der Waals surface area (Å²) in [5.41, 5.74) is -0.904. The summed E-state index contributed by atoms with van der Waals surface area (Å²) in [5, 5.41) is 0.0435. The van der Waals surface area contributed by atoms with Crippen molar-refractivity contribution in [2.24, 2.45) is 0 Å². The van der Waals surface area contributed by atoms with E-state index in [0.29, 0.717) is 12.1 Å². The highest BCUT2D eigenvalue weighted by atomic mass is 35.5. The molecule has 0 spiro atoms. The molecular weight excluding hydrogens is 326 g/mol. The summed E-state index contributed by atoms with van der Waals surface area (Å²) in [6, 6.07) is 3.37. The molecule has 0 heterocycles. The third-order valence-electron chi connectivity index (χ3n) is 2.38. The maximum atomic E-state index is 13.5. The summed E-state index contributed by atoms with van der Waals surface area (Å²) >= 11 is 5.44. The quantitative estimate of drug-likeness (QED) is 0.434. The van der Waals surface area contributed by atoms with Crippen molar-refractivity contribution >= 4 is 17.4 Å². The third-order valence-corrected chi connectivity index (χ3v) is 2.63. The number of carbonyl (C=O) groups is 1. The number of alkyl halides is 6. The molecule has 0 aliphatic heterocycles. The van der Waals surface area contributed by atoms with Gasteiger partial charge in [-0.15, -0.1) is 0 Å². The van der Waals surface area contributed by atoms with Crippen LogP contribution < -0.4 is 0 Å². The van der Waals surface area contributed by atoms with Gasteiger partial charge < -0.3 is 4.74 Å². The molecule has 0 radical (unpaired) electrons. The predicted molar refractivity (Wildman–Crippen MR) is 61.9 cm³/mol. The summed E-state index contributed by atoms with van der Waals surface area (Å²) in [7, 11) is 0. The number of rotatable bonds is 6. The lowest BCUT2D eigenvalue weighted by atomic mass is 9.99. The molecule has 0 saturated heterocycles. The number of benzene rings is 1. The van der Waals surface area contributed by atoms with Crippen LogP contribution in [0.4, 0.5) is 26.3 Å². The molecule has 0 bridgehead atoms. The zero-order valence-corrected chi connectivity index (χ0v) is 10.8. The predicted octanol–water partition coefficient (Wildman–Crippen LogP) is 4.55. The van der Waals surface area contributed by atoms with Crippen molar-refractivity contribution in [3.63, 3.8) is 0 Å². The number of ether oxygens (including phenoxy) is 1. The van der Waals surface area contributed by atoms with E-state index >= 15 is 0 Å². The van der Waals surface area contributed by atoms with Crippen molar-refractivity contribution in [1.82, 2.24) is 0 Å². The fourth-order valence-corrected chi connectivity index (χ4v) is 1.41. The second-order valence-corrected chi connectivity index (χ2v) is 4.22. The summed E-state index contributed by atoms with van der Waals surface area (Å²) < 4.78 is 82.5. The van der Waals surface area contributed by atoms with Gasteiger partial charge in [0.15, 0.2) is 0 Å². The van der Waals surface area contributed by atoms with Gasteiger partial charge in [-0.3, -0.25) is 4.79 Å². The number of carbonyl (C=O) groups excluding carboxylic acids is 1. The largest absolute Gasteiger partial charge is 0.470 e. The van der Waals surface area contributed by atoms with Gasteiger partial charge in [0.2, 0.25) is 5.78 Å².